The van der Waals surface area contributed by atoms with Crippen LogP contribution in [-0.4, -0.2) is 39.6 Å². The van der Waals surface area contributed by atoms with Gasteiger partial charge in [0.25, 0.3) is 5.69 Å². The summed E-state index contributed by atoms with van der Waals surface area (Å²) in [7, 11) is -3.73. The fraction of sp³-hybridized carbons (Fsp3) is 0.238. The Balaban J connectivity index is 1.55. The van der Waals surface area contributed by atoms with Crippen LogP contribution in [0.5, 0.6) is 0 Å². The van der Waals surface area contributed by atoms with Crippen molar-refractivity contribution >= 4 is 21.8 Å². The summed E-state index contributed by atoms with van der Waals surface area (Å²) in [5.41, 5.74) is 3.33. The van der Waals surface area contributed by atoms with E-state index < -0.39 is 14.9 Å². The van der Waals surface area contributed by atoms with Crippen molar-refractivity contribution in [1.29, 1.82) is 0 Å². The second-order valence-corrected chi connectivity index (χ2v) is 9.48. The monoisotopic (exact) mass is 439 g/mol. The average molecular weight is 439 g/mol. The summed E-state index contributed by atoms with van der Waals surface area (Å²) in [5.74, 6) is 0.0476. The van der Waals surface area contributed by atoms with E-state index in [0.717, 1.165) is 23.1 Å². The van der Waals surface area contributed by atoms with Crippen LogP contribution in [0.15, 0.2) is 65.2 Å². The standard InChI is InChI=1S/C21H21N5O4S/c1-15-5-7-21(8-6-15)31(29,30)25(14-19-12-22-24-23-19)13-18-11-17(18)9-16-3-2-4-20(10-16)26(27)28/h2-10,12,18H,11,13-14H2,1H3,(H,22,23,24)/b17-9+. The lowest BCUT2D eigenvalue weighted by molar-refractivity contribution is -0.384. The topological polar surface area (TPSA) is 122 Å². The number of nitro benzene ring substituents is 1. The Morgan fingerprint density at radius 3 is 2.71 bits per heavy atom. The van der Waals surface area contributed by atoms with E-state index in [1.807, 2.05) is 13.0 Å². The zero-order valence-corrected chi connectivity index (χ0v) is 17.6. The molecule has 1 unspecified atom stereocenters. The first-order chi connectivity index (χ1) is 14.8. The van der Waals surface area contributed by atoms with Crippen molar-refractivity contribution in [1.82, 2.24) is 19.7 Å². The number of benzene rings is 2. The van der Waals surface area contributed by atoms with Gasteiger partial charge in [0.05, 0.1) is 28.3 Å². The molecule has 0 bridgehead atoms. The van der Waals surface area contributed by atoms with Gasteiger partial charge in [0.1, 0.15) is 0 Å². The van der Waals surface area contributed by atoms with Crippen LogP contribution in [0.1, 0.15) is 23.2 Å². The molecule has 1 heterocycles. The van der Waals surface area contributed by atoms with Crippen molar-refractivity contribution in [2.75, 3.05) is 6.54 Å². The Labute approximate surface area is 179 Å². The molecule has 3 aromatic rings. The number of hydrogen-bond donors (Lipinski definition) is 1. The molecule has 4 rings (SSSR count). The van der Waals surface area contributed by atoms with E-state index in [9.17, 15) is 18.5 Å². The van der Waals surface area contributed by atoms with Gasteiger partial charge in [-0.3, -0.25) is 10.1 Å². The van der Waals surface area contributed by atoms with Gasteiger partial charge in [-0.25, -0.2) is 8.42 Å². The van der Waals surface area contributed by atoms with Gasteiger partial charge in [0.15, 0.2) is 0 Å². The molecular formula is C21H21N5O4S. The van der Waals surface area contributed by atoms with Crippen LogP contribution in [-0.2, 0) is 16.6 Å². The Bertz CT molecular complexity index is 1220. The summed E-state index contributed by atoms with van der Waals surface area (Å²) >= 11 is 0. The predicted octanol–water partition coefficient (Wildman–Crippen LogP) is 3.32. The average Bonchev–Trinajstić information content (AvgIpc) is 3.24. The fourth-order valence-electron chi connectivity index (χ4n) is 3.36. The number of sulfonamides is 1. The fourth-order valence-corrected chi connectivity index (χ4v) is 4.82. The lowest BCUT2D eigenvalue weighted by atomic mass is 10.2. The summed E-state index contributed by atoms with van der Waals surface area (Å²) in [6.45, 7) is 2.30. The minimum atomic E-state index is -3.73. The third-order valence-electron chi connectivity index (χ3n) is 5.17. The van der Waals surface area contributed by atoms with Gasteiger partial charge in [0.2, 0.25) is 10.0 Å². The highest BCUT2D eigenvalue weighted by atomic mass is 32.2. The number of aryl methyl sites for hydroxylation is 1. The smallest absolute Gasteiger partial charge is 0.258 e. The molecule has 0 aliphatic heterocycles. The lowest BCUT2D eigenvalue weighted by Gasteiger charge is -2.21. The van der Waals surface area contributed by atoms with Gasteiger partial charge in [-0.1, -0.05) is 41.5 Å². The van der Waals surface area contributed by atoms with Gasteiger partial charge in [-0.05, 0) is 37.0 Å². The number of nitrogens with one attached hydrogen (secondary N) is 1. The van der Waals surface area contributed by atoms with Crippen molar-refractivity contribution in [3.63, 3.8) is 0 Å². The highest BCUT2D eigenvalue weighted by Crippen LogP contribution is 2.41. The van der Waals surface area contributed by atoms with Crippen molar-refractivity contribution in [3.05, 3.63) is 87.2 Å². The Morgan fingerprint density at radius 1 is 1.26 bits per heavy atom. The van der Waals surface area contributed by atoms with E-state index >= 15 is 0 Å². The molecule has 1 N–H and O–H groups in total. The molecule has 0 amide bonds. The molecule has 1 fully saturated rings. The molecule has 0 radical (unpaired) electrons. The second kappa shape index (κ2) is 8.40. The first-order valence-electron chi connectivity index (χ1n) is 9.69. The predicted molar refractivity (Wildman–Crippen MR) is 114 cm³/mol. The number of rotatable bonds is 8. The van der Waals surface area contributed by atoms with Gasteiger partial charge in [-0.15, -0.1) is 0 Å². The largest absolute Gasteiger partial charge is 0.270 e. The van der Waals surface area contributed by atoms with Crippen molar-refractivity contribution in [2.45, 2.75) is 24.8 Å². The van der Waals surface area contributed by atoms with Gasteiger partial charge >= 0.3 is 0 Å². The number of H-pyrrole nitrogens is 1. The van der Waals surface area contributed by atoms with E-state index in [0.29, 0.717) is 12.2 Å². The Hall–Kier alpha value is -3.37. The molecule has 1 aliphatic carbocycles. The van der Waals surface area contributed by atoms with E-state index in [-0.39, 0.29) is 23.0 Å². The van der Waals surface area contributed by atoms with Crippen LogP contribution in [0, 0.1) is 23.0 Å². The maximum Gasteiger partial charge on any atom is 0.270 e. The van der Waals surface area contributed by atoms with Crippen molar-refractivity contribution < 1.29 is 13.3 Å². The minimum Gasteiger partial charge on any atom is -0.258 e. The van der Waals surface area contributed by atoms with Crippen LogP contribution >= 0.6 is 0 Å². The zero-order chi connectivity index (χ0) is 22.0. The summed E-state index contributed by atoms with van der Waals surface area (Å²) in [4.78, 5) is 10.8. The van der Waals surface area contributed by atoms with Crippen LogP contribution in [0.3, 0.4) is 0 Å². The molecule has 0 saturated heterocycles. The molecule has 9 nitrogen and oxygen atoms in total. The third kappa shape index (κ3) is 4.86. The van der Waals surface area contributed by atoms with Gasteiger partial charge < -0.3 is 0 Å². The van der Waals surface area contributed by atoms with E-state index in [1.54, 1.807) is 36.4 Å². The van der Waals surface area contributed by atoms with E-state index in [4.69, 9.17) is 0 Å². The van der Waals surface area contributed by atoms with Crippen LogP contribution in [0.25, 0.3) is 6.08 Å². The summed E-state index contributed by atoms with van der Waals surface area (Å²) in [6.07, 6.45) is 4.14. The molecule has 1 saturated carbocycles. The van der Waals surface area contributed by atoms with Gasteiger partial charge in [0, 0.05) is 18.7 Å². The molecule has 31 heavy (non-hydrogen) atoms. The van der Waals surface area contributed by atoms with Crippen LogP contribution in [0.2, 0.25) is 0 Å². The van der Waals surface area contributed by atoms with Crippen molar-refractivity contribution in [3.8, 4) is 0 Å². The number of aromatic nitrogens is 3. The third-order valence-corrected chi connectivity index (χ3v) is 6.99. The molecule has 160 valence electrons. The van der Waals surface area contributed by atoms with E-state index in [2.05, 4.69) is 15.4 Å². The first-order valence-corrected chi connectivity index (χ1v) is 11.1. The lowest BCUT2D eigenvalue weighted by Crippen LogP contribution is -2.32. The molecule has 1 atom stereocenters. The normalized spacial score (nSPS) is 17.2. The maximum absolute atomic E-state index is 13.3. The van der Waals surface area contributed by atoms with Crippen LogP contribution in [0.4, 0.5) is 5.69 Å². The molecule has 1 aromatic heterocycles. The highest BCUT2D eigenvalue weighted by Gasteiger charge is 2.36. The number of hydrogen-bond acceptors (Lipinski definition) is 6. The molecule has 1 aliphatic rings. The molecular weight excluding hydrogens is 418 g/mol. The molecule has 10 heteroatoms. The Kier molecular flexibility index (Phi) is 5.66. The zero-order valence-electron chi connectivity index (χ0n) is 16.8. The van der Waals surface area contributed by atoms with Crippen LogP contribution < -0.4 is 0 Å². The summed E-state index contributed by atoms with van der Waals surface area (Å²) in [5, 5.41) is 21.3. The molecule has 0 spiro atoms. The number of nitrogens with zero attached hydrogens (tertiary/aromatic N) is 4. The Morgan fingerprint density at radius 2 is 2.03 bits per heavy atom. The van der Waals surface area contributed by atoms with E-state index in [1.165, 1.54) is 22.6 Å². The summed E-state index contributed by atoms with van der Waals surface area (Å²) in [6, 6.07) is 13.1. The number of non-ortho nitro benzene ring substituents is 1. The summed E-state index contributed by atoms with van der Waals surface area (Å²) < 4.78 is 28.0. The minimum absolute atomic E-state index is 0.0288. The first kappa shape index (κ1) is 20.9. The maximum atomic E-state index is 13.3. The second-order valence-electron chi connectivity index (χ2n) is 7.54. The SMILES string of the molecule is Cc1ccc(S(=O)(=O)N(Cc2cn[nH]n2)CC2C/C2=C\c2cccc([N+](=O)[O-])c2)cc1. The number of nitro groups is 1. The van der Waals surface area contributed by atoms with Gasteiger partial charge in [-0.2, -0.15) is 19.7 Å². The molecule has 2 aromatic carbocycles. The highest BCUT2D eigenvalue weighted by molar-refractivity contribution is 7.89. The quantitative estimate of drug-likeness (QED) is 0.424. The number of aromatic amines is 1. The van der Waals surface area contributed by atoms with Crippen molar-refractivity contribution in [2.24, 2.45) is 5.92 Å².